The highest BCUT2D eigenvalue weighted by molar-refractivity contribution is 6.30. The molecule has 0 spiro atoms. The van der Waals surface area contributed by atoms with Crippen LogP contribution in [-0.4, -0.2) is 11.6 Å². The summed E-state index contributed by atoms with van der Waals surface area (Å²) in [6, 6.07) is 19.2. The highest BCUT2D eigenvalue weighted by Gasteiger charge is 2.13. The molecular weight excluding hydrogens is 382 g/mol. The maximum Gasteiger partial charge on any atom is 0.142 e. The zero-order chi connectivity index (χ0) is 20.6. The summed E-state index contributed by atoms with van der Waals surface area (Å²) in [6.07, 6.45) is 4.69. The molecule has 2 aromatic carbocycles. The number of nitriles is 1. The summed E-state index contributed by atoms with van der Waals surface area (Å²) < 4.78 is 5.81. The first-order valence-corrected chi connectivity index (χ1v) is 10.2. The van der Waals surface area contributed by atoms with Gasteiger partial charge in [0.1, 0.15) is 23.2 Å². The summed E-state index contributed by atoms with van der Waals surface area (Å²) in [5, 5.41) is 10.2. The molecule has 5 heteroatoms. The first-order valence-electron chi connectivity index (χ1n) is 9.82. The molecule has 0 atom stereocenters. The molecule has 148 valence electrons. The first-order chi connectivity index (χ1) is 14.1. The van der Waals surface area contributed by atoms with Crippen molar-refractivity contribution in [3.63, 3.8) is 0 Å². The van der Waals surface area contributed by atoms with Gasteiger partial charge in [-0.2, -0.15) is 5.26 Å². The SMILES string of the molecule is CCCCCCOc1ccc(-c2cc(-c3ccc(Cl)cc3)nc(N)c2C#N)cc1. The fourth-order valence-electron chi connectivity index (χ4n) is 3.13. The largest absolute Gasteiger partial charge is 0.494 e. The molecule has 2 N–H and O–H groups in total. The highest BCUT2D eigenvalue weighted by Crippen LogP contribution is 2.32. The molecule has 0 saturated heterocycles. The van der Waals surface area contributed by atoms with E-state index in [1.54, 1.807) is 12.1 Å². The third-order valence-corrected chi connectivity index (χ3v) is 4.98. The summed E-state index contributed by atoms with van der Waals surface area (Å²) in [4.78, 5) is 4.40. The van der Waals surface area contributed by atoms with Crippen molar-refractivity contribution >= 4 is 17.4 Å². The van der Waals surface area contributed by atoms with E-state index in [2.05, 4.69) is 18.0 Å². The van der Waals surface area contributed by atoms with Gasteiger partial charge in [0.25, 0.3) is 0 Å². The highest BCUT2D eigenvalue weighted by atomic mass is 35.5. The molecule has 4 nitrogen and oxygen atoms in total. The molecule has 0 saturated carbocycles. The van der Waals surface area contributed by atoms with E-state index in [0.29, 0.717) is 22.9 Å². The third kappa shape index (κ3) is 5.28. The number of nitrogens with two attached hydrogens (primary N) is 1. The maximum absolute atomic E-state index is 9.59. The Morgan fingerprint density at radius 1 is 1.00 bits per heavy atom. The lowest BCUT2D eigenvalue weighted by Crippen LogP contribution is -2.00. The second-order valence-corrected chi connectivity index (χ2v) is 7.30. The number of hydrogen-bond donors (Lipinski definition) is 1. The molecule has 0 amide bonds. The summed E-state index contributed by atoms with van der Waals surface area (Å²) in [6.45, 7) is 2.91. The molecule has 0 aliphatic carbocycles. The van der Waals surface area contributed by atoms with E-state index in [1.807, 2.05) is 42.5 Å². The number of anilines is 1. The van der Waals surface area contributed by atoms with Gasteiger partial charge in [0, 0.05) is 16.1 Å². The van der Waals surface area contributed by atoms with Gasteiger partial charge in [-0.25, -0.2) is 4.98 Å². The zero-order valence-corrected chi connectivity index (χ0v) is 17.2. The van der Waals surface area contributed by atoms with Gasteiger partial charge in [-0.1, -0.05) is 62.1 Å². The normalized spacial score (nSPS) is 10.5. The number of ether oxygens (including phenoxy) is 1. The lowest BCUT2D eigenvalue weighted by molar-refractivity contribution is 0.305. The van der Waals surface area contributed by atoms with Crippen LogP contribution < -0.4 is 10.5 Å². The molecule has 0 radical (unpaired) electrons. The molecule has 1 heterocycles. The van der Waals surface area contributed by atoms with Crippen molar-refractivity contribution in [2.45, 2.75) is 32.6 Å². The van der Waals surface area contributed by atoms with E-state index >= 15 is 0 Å². The van der Waals surface area contributed by atoms with Crippen LogP contribution >= 0.6 is 11.6 Å². The van der Waals surface area contributed by atoms with Gasteiger partial charge >= 0.3 is 0 Å². The summed E-state index contributed by atoms with van der Waals surface area (Å²) in [5.41, 5.74) is 9.69. The second-order valence-electron chi connectivity index (χ2n) is 6.87. The Morgan fingerprint density at radius 2 is 1.69 bits per heavy atom. The molecule has 0 fully saturated rings. The van der Waals surface area contributed by atoms with Crippen molar-refractivity contribution in [2.24, 2.45) is 0 Å². The fourth-order valence-corrected chi connectivity index (χ4v) is 3.25. The number of benzene rings is 2. The second kappa shape index (κ2) is 9.95. The zero-order valence-electron chi connectivity index (χ0n) is 16.5. The lowest BCUT2D eigenvalue weighted by Gasteiger charge is -2.11. The number of aromatic nitrogens is 1. The topological polar surface area (TPSA) is 71.9 Å². The summed E-state index contributed by atoms with van der Waals surface area (Å²) >= 11 is 5.98. The fraction of sp³-hybridized carbons (Fsp3) is 0.250. The van der Waals surface area contributed by atoms with Crippen LogP contribution in [-0.2, 0) is 0 Å². The van der Waals surface area contributed by atoms with Crippen LogP contribution in [0.4, 0.5) is 5.82 Å². The van der Waals surface area contributed by atoms with E-state index in [0.717, 1.165) is 28.9 Å². The lowest BCUT2D eigenvalue weighted by atomic mass is 9.98. The molecule has 3 rings (SSSR count). The Balaban J connectivity index is 1.85. The Kier molecular flexibility index (Phi) is 7.10. The Morgan fingerprint density at radius 3 is 2.34 bits per heavy atom. The van der Waals surface area contributed by atoms with Crippen molar-refractivity contribution in [2.75, 3.05) is 12.3 Å². The number of hydrogen-bond acceptors (Lipinski definition) is 4. The number of halogens is 1. The maximum atomic E-state index is 9.59. The average molecular weight is 406 g/mol. The van der Waals surface area contributed by atoms with Crippen LogP contribution in [0.5, 0.6) is 5.75 Å². The van der Waals surface area contributed by atoms with E-state index < -0.39 is 0 Å². The van der Waals surface area contributed by atoms with Crippen molar-refractivity contribution in [1.29, 1.82) is 5.26 Å². The van der Waals surface area contributed by atoms with Gasteiger partial charge in [-0.3, -0.25) is 0 Å². The van der Waals surface area contributed by atoms with Gasteiger partial charge in [-0.15, -0.1) is 0 Å². The average Bonchev–Trinajstić information content (AvgIpc) is 2.74. The van der Waals surface area contributed by atoms with Crippen molar-refractivity contribution < 1.29 is 4.74 Å². The minimum Gasteiger partial charge on any atom is -0.494 e. The van der Waals surface area contributed by atoms with Crippen LogP contribution in [0.3, 0.4) is 0 Å². The van der Waals surface area contributed by atoms with E-state index in [9.17, 15) is 5.26 Å². The number of unbranched alkanes of at least 4 members (excludes halogenated alkanes) is 3. The van der Waals surface area contributed by atoms with Gasteiger partial charge in [-0.05, 0) is 42.3 Å². The Bertz CT molecular complexity index is 992. The van der Waals surface area contributed by atoms with Crippen LogP contribution in [0.2, 0.25) is 5.02 Å². The number of nitrogens with zero attached hydrogens (tertiary/aromatic N) is 2. The molecule has 0 unspecified atom stereocenters. The van der Waals surface area contributed by atoms with E-state index in [4.69, 9.17) is 22.1 Å². The molecule has 3 aromatic rings. The molecule has 0 bridgehead atoms. The van der Waals surface area contributed by atoms with Crippen molar-refractivity contribution in [3.05, 3.63) is 65.2 Å². The minimum atomic E-state index is 0.214. The van der Waals surface area contributed by atoms with Gasteiger partial charge in [0.2, 0.25) is 0 Å². The van der Waals surface area contributed by atoms with Crippen LogP contribution in [0.1, 0.15) is 38.2 Å². The van der Waals surface area contributed by atoms with Crippen LogP contribution in [0.15, 0.2) is 54.6 Å². The minimum absolute atomic E-state index is 0.214. The number of pyridine rings is 1. The standard InChI is InChI=1S/C24H24ClN3O/c1-2-3-4-5-14-29-20-12-8-17(9-13-20)21-15-23(28-24(27)22(21)16-26)18-6-10-19(25)11-7-18/h6-13,15H,2-5,14H2,1H3,(H2,27,28). The summed E-state index contributed by atoms with van der Waals surface area (Å²) in [5.74, 6) is 1.04. The summed E-state index contributed by atoms with van der Waals surface area (Å²) in [7, 11) is 0. The van der Waals surface area contributed by atoms with E-state index in [-0.39, 0.29) is 5.82 Å². The molecule has 29 heavy (non-hydrogen) atoms. The van der Waals surface area contributed by atoms with Crippen molar-refractivity contribution in [1.82, 2.24) is 4.98 Å². The Labute approximate surface area is 176 Å². The van der Waals surface area contributed by atoms with Gasteiger partial charge in [0.05, 0.1) is 12.3 Å². The van der Waals surface area contributed by atoms with Crippen LogP contribution in [0, 0.1) is 11.3 Å². The molecule has 0 aliphatic rings. The Hall–Kier alpha value is -3.03. The predicted molar refractivity (Wildman–Crippen MR) is 119 cm³/mol. The molecule has 0 aliphatic heterocycles. The van der Waals surface area contributed by atoms with Gasteiger partial charge in [0.15, 0.2) is 0 Å². The molecular formula is C24H24ClN3O. The third-order valence-electron chi connectivity index (χ3n) is 4.73. The monoisotopic (exact) mass is 405 g/mol. The number of rotatable bonds is 8. The smallest absolute Gasteiger partial charge is 0.142 e. The van der Waals surface area contributed by atoms with Gasteiger partial charge < -0.3 is 10.5 Å². The number of nitrogen functional groups attached to an aromatic ring is 1. The quantitative estimate of drug-likeness (QED) is 0.435. The first kappa shape index (κ1) is 20.7. The van der Waals surface area contributed by atoms with E-state index in [1.165, 1.54) is 19.3 Å². The predicted octanol–water partition coefficient (Wildman–Crippen LogP) is 6.48. The van der Waals surface area contributed by atoms with Crippen LogP contribution in [0.25, 0.3) is 22.4 Å². The molecule has 1 aromatic heterocycles. The van der Waals surface area contributed by atoms with Crippen molar-refractivity contribution in [3.8, 4) is 34.2 Å².